The summed E-state index contributed by atoms with van der Waals surface area (Å²) in [5.74, 6) is 0. The molecular weight excluding hydrogens is 206 g/mol. The minimum absolute atomic E-state index is 0.365. The first-order valence-electron chi connectivity index (χ1n) is 6.30. The van der Waals surface area contributed by atoms with Crippen LogP contribution in [0.3, 0.4) is 0 Å². The van der Waals surface area contributed by atoms with E-state index in [1.165, 1.54) is 22.3 Å². The fraction of sp³-hybridized carbons (Fsp3) is 0.562. The van der Waals surface area contributed by atoms with Gasteiger partial charge in [-0.3, -0.25) is 4.99 Å². The van der Waals surface area contributed by atoms with Gasteiger partial charge in [0.15, 0.2) is 0 Å². The molecule has 0 rings (SSSR count). The van der Waals surface area contributed by atoms with Gasteiger partial charge in [-0.1, -0.05) is 11.6 Å². The predicted octanol–water partition coefficient (Wildman–Crippen LogP) is 5.10. The van der Waals surface area contributed by atoms with Gasteiger partial charge in [-0.05, 0) is 78.2 Å². The molecule has 1 nitrogen and oxygen atoms in total. The van der Waals surface area contributed by atoms with Crippen LogP contribution >= 0.6 is 0 Å². The lowest BCUT2D eigenvalue weighted by Crippen LogP contribution is -1.95. The maximum Gasteiger partial charge on any atom is 0.0446 e. The topological polar surface area (TPSA) is 12.4 Å². The molecule has 0 heterocycles. The SMILES string of the molecule is CC(/C=C\C(C)=C(\C)C(C)=C(C)C)=NC(C)C. The summed E-state index contributed by atoms with van der Waals surface area (Å²) in [4.78, 5) is 4.48. The van der Waals surface area contributed by atoms with Crippen LogP contribution in [0.15, 0.2) is 39.4 Å². The third-order valence-corrected chi connectivity index (χ3v) is 2.94. The van der Waals surface area contributed by atoms with Crippen molar-refractivity contribution in [2.45, 2.75) is 61.4 Å². The van der Waals surface area contributed by atoms with Gasteiger partial charge < -0.3 is 0 Å². The molecule has 0 radical (unpaired) electrons. The molecule has 0 saturated heterocycles. The molecule has 0 aliphatic heterocycles. The summed E-state index contributed by atoms with van der Waals surface area (Å²) in [5, 5.41) is 0. The van der Waals surface area contributed by atoms with Crippen LogP contribution in [0.25, 0.3) is 0 Å². The maximum atomic E-state index is 4.48. The van der Waals surface area contributed by atoms with Crippen molar-refractivity contribution < 1.29 is 0 Å². The summed E-state index contributed by atoms with van der Waals surface area (Å²) < 4.78 is 0. The van der Waals surface area contributed by atoms with Crippen LogP contribution in [0.5, 0.6) is 0 Å². The molecule has 96 valence electrons. The highest BCUT2D eigenvalue weighted by Crippen LogP contribution is 2.18. The zero-order valence-electron chi connectivity index (χ0n) is 12.7. The molecule has 0 atom stereocenters. The Hall–Kier alpha value is -1.11. The number of aliphatic imine (C=N–C) groups is 1. The number of nitrogens with zero attached hydrogens (tertiary/aromatic N) is 1. The molecule has 0 unspecified atom stereocenters. The van der Waals surface area contributed by atoms with E-state index in [1.54, 1.807) is 0 Å². The van der Waals surface area contributed by atoms with E-state index in [9.17, 15) is 0 Å². The normalized spacial score (nSPS) is 14.3. The molecule has 0 aromatic heterocycles. The Labute approximate surface area is 107 Å². The average Bonchev–Trinajstić information content (AvgIpc) is 2.22. The molecule has 0 aliphatic rings. The monoisotopic (exact) mass is 233 g/mol. The van der Waals surface area contributed by atoms with Gasteiger partial charge in [-0.15, -0.1) is 0 Å². The van der Waals surface area contributed by atoms with Gasteiger partial charge in [0, 0.05) is 11.8 Å². The molecule has 1 heteroatoms. The van der Waals surface area contributed by atoms with Crippen molar-refractivity contribution in [1.29, 1.82) is 0 Å². The third-order valence-electron chi connectivity index (χ3n) is 2.94. The van der Waals surface area contributed by atoms with Gasteiger partial charge in [0.05, 0.1) is 0 Å². The van der Waals surface area contributed by atoms with Crippen molar-refractivity contribution in [3.63, 3.8) is 0 Å². The van der Waals surface area contributed by atoms with Crippen molar-refractivity contribution in [1.82, 2.24) is 0 Å². The fourth-order valence-electron chi connectivity index (χ4n) is 1.49. The number of hydrogen-bond donors (Lipinski definition) is 0. The fourth-order valence-corrected chi connectivity index (χ4v) is 1.49. The Morgan fingerprint density at radius 3 is 1.76 bits per heavy atom. The van der Waals surface area contributed by atoms with Crippen LogP contribution in [0.4, 0.5) is 0 Å². The molecule has 0 spiro atoms. The van der Waals surface area contributed by atoms with E-state index in [-0.39, 0.29) is 0 Å². The van der Waals surface area contributed by atoms with Crippen molar-refractivity contribution >= 4 is 5.71 Å². The van der Waals surface area contributed by atoms with Gasteiger partial charge in [0.1, 0.15) is 0 Å². The molecule has 0 fully saturated rings. The molecule has 0 saturated carbocycles. The van der Waals surface area contributed by atoms with Gasteiger partial charge >= 0.3 is 0 Å². The number of allylic oxidation sites excluding steroid dienone is 6. The lowest BCUT2D eigenvalue weighted by Gasteiger charge is -2.07. The quantitative estimate of drug-likeness (QED) is 0.473. The van der Waals surface area contributed by atoms with Crippen LogP contribution in [0.1, 0.15) is 55.4 Å². The highest BCUT2D eigenvalue weighted by atomic mass is 14.8. The highest BCUT2D eigenvalue weighted by Gasteiger charge is 1.98. The summed E-state index contributed by atoms with van der Waals surface area (Å²) in [6, 6.07) is 0.365. The first-order valence-corrected chi connectivity index (χ1v) is 6.30. The van der Waals surface area contributed by atoms with E-state index < -0.39 is 0 Å². The Balaban J connectivity index is 4.98. The van der Waals surface area contributed by atoms with Crippen LogP contribution in [0, 0.1) is 0 Å². The van der Waals surface area contributed by atoms with E-state index in [1.807, 2.05) is 6.92 Å². The Morgan fingerprint density at radius 2 is 1.35 bits per heavy atom. The van der Waals surface area contributed by atoms with Gasteiger partial charge in [0.2, 0.25) is 0 Å². The molecule has 0 aliphatic carbocycles. The molecule has 0 bridgehead atoms. The zero-order valence-corrected chi connectivity index (χ0v) is 12.7. The summed E-state index contributed by atoms with van der Waals surface area (Å²) in [6.07, 6.45) is 4.25. The molecule has 17 heavy (non-hydrogen) atoms. The van der Waals surface area contributed by atoms with E-state index >= 15 is 0 Å². The van der Waals surface area contributed by atoms with Crippen LogP contribution < -0.4 is 0 Å². The second-order valence-electron chi connectivity index (χ2n) is 5.13. The maximum absolute atomic E-state index is 4.48. The first-order chi connectivity index (χ1) is 7.75. The highest BCUT2D eigenvalue weighted by molar-refractivity contribution is 5.93. The van der Waals surface area contributed by atoms with E-state index in [4.69, 9.17) is 0 Å². The molecular formula is C16H27N. The number of hydrogen-bond acceptors (Lipinski definition) is 1. The third kappa shape index (κ3) is 6.25. The lowest BCUT2D eigenvalue weighted by atomic mass is 10.00. The minimum Gasteiger partial charge on any atom is -0.287 e. The van der Waals surface area contributed by atoms with Gasteiger partial charge in [-0.2, -0.15) is 0 Å². The summed E-state index contributed by atoms with van der Waals surface area (Å²) >= 11 is 0. The molecule has 0 amide bonds. The van der Waals surface area contributed by atoms with E-state index in [0.29, 0.717) is 6.04 Å². The van der Waals surface area contributed by atoms with E-state index in [0.717, 1.165) is 5.71 Å². The Kier molecular flexibility index (Phi) is 6.79. The van der Waals surface area contributed by atoms with Crippen LogP contribution in [-0.4, -0.2) is 11.8 Å². The van der Waals surface area contributed by atoms with Crippen LogP contribution in [0.2, 0.25) is 0 Å². The predicted molar refractivity (Wildman–Crippen MR) is 79.8 cm³/mol. The Bertz CT molecular complexity index is 372. The summed E-state index contributed by atoms with van der Waals surface area (Å²) in [5.41, 5.74) is 6.51. The lowest BCUT2D eigenvalue weighted by molar-refractivity contribution is 0.836. The minimum atomic E-state index is 0.365. The van der Waals surface area contributed by atoms with Crippen molar-refractivity contribution in [2.75, 3.05) is 0 Å². The second kappa shape index (κ2) is 7.26. The van der Waals surface area contributed by atoms with Gasteiger partial charge in [-0.25, -0.2) is 0 Å². The average molecular weight is 233 g/mol. The Morgan fingerprint density at radius 1 is 0.824 bits per heavy atom. The molecule has 0 aromatic rings. The zero-order chi connectivity index (χ0) is 13.6. The van der Waals surface area contributed by atoms with Crippen molar-refractivity contribution in [3.05, 3.63) is 34.4 Å². The summed E-state index contributed by atoms with van der Waals surface area (Å²) in [6.45, 7) is 17.1. The van der Waals surface area contributed by atoms with Crippen molar-refractivity contribution in [2.24, 2.45) is 4.99 Å². The summed E-state index contributed by atoms with van der Waals surface area (Å²) in [7, 11) is 0. The molecule has 0 aromatic carbocycles. The van der Waals surface area contributed by atoms with Gasteiger partial charge in [0.25, 0.3) is 0 Å². The van der Waals surface area contributed by atoms with Crippen LogP contribution in [-0.2, 0) is 0 Å². The first kappa shape index (κ1) is 15.9. The second-order valence-corrected chi connectivity index (χ2v) is 5.13. The van der Waals surface area contributed by atoms with Crippen molar-refractivity contribution in [3.8, 4) is 0 Å². The van der Waals surface area contributed by atoms with E-state index in [2.05, 4.69) is 65.6 Å². The molecule has 0 N–H and O–H groups in total. The smallest absolute Gasteiger partial charge is 0.0446 e. The number of rotatable bonds is 4. The standard InChI is InChI=1S/C16H27N/c1-11(2)15(7)16(8)13(5)9-10-14(6)17-12(3)4/h9-10,12H,1-8H3/b10-9-,16-13-,17-14?. The largest absolute Gasteiger partial charge is 0.287 e.